The van der Waals surface area contributed by atoms with Gasteiger partial charge in [-0.25, -0.2) is 4.79 Å². The summed E-state index contributed by atoms with van der Waals surface area (Å²) in [5, 5.41) is 2.84. The Balaban J connectivity index is 1.58. The number of hydrogen-bond donors (Lipinski definition) is 2. The predicted octanol–water partition coefficient (Wildman–Crippen LogP) is 1.75. The van der Waals surface area contributed by atoms with Crippen LogP contribution in [-0.2, 0) is 11.3 Å². The third-order valence-electron chi connectivity index (χ3n) is 4.32. The number of rotatable bonds is 5. The van der Waals surface area contributed by atoms with Crippen molar-refractivity contribution >= 4 is 17.1 Å². The van der Waals surface area contributed by atoms with E-state index in [1.54, 1.807) is 18.2 Å². The number of hydrogen-bond acceptors (Lipinski definition) is 4. The van der Waals surface area contributed by atoms with Crippen molar-refractivity contribution in [3.8, 4) is 0 Å². The molecule has 3 rings (SSSR count). The minimum Gasteiger partial charge on any atom is -0.449 e. The number of fused-ring (bicyclic) bond motifs is 1. The van der Waals surface area contributed by atoms with Crippen LogP contribution < -0.4 is 16.4 Å². The Morgan fingerprint density at radius 3 is 2.79 bits per heavy atom. The first-order valence-electron chi connectivity index (χ1n) is 8.30. The molecule has 1 aliphatic rings. The Hall–Kier alpha value is -2.57. The normalized spacial score (nSPS) is 14.8. The Bertz CT molecular complexity index is 834. The average Bonchev–Trinajstić information content (AvgIpc) is 3.07. The second-order valence-corrected chi connectivity index (χ2v) is 6.04. The summed E-state index contributed by atoms with van der Waals surface area (Å²) in [6.45, 7) is 0.520. The SMILES string of the molecule is O=C(NC1CCCC1)OCCCn1c(=O)c(=O)[nH]c2ccccc21. The molecule has 1 aromatic carbocycles. The molecule has 0 radical (unpaired) electrons. The van der Waals surface area contributed by atoms with E-state index in [1.807, 2.05) is 6.07 Å². The molecule has 2 N–H and O–H groups in total. The summed E-state index contributed by atoms with van der Waals surface area (Å²) in [5.41, 5.74) is 0.0391. The van der Waals surface area contributed by atoms with Gasteiger partial charge < -0.3 is 19.6 Å². The number of aryl methyl sites for hydroxylation is 1. The lowest BCUT2D eigenvalue weighted by Crippen LogP contribution is -2.37. The molecule has 1 aliphatic carbocycles. The minimum absolute atomic E-state index is 0.201. The van der Waals surface area contributed by atoms with E-state index < -0.39 is 17.2 Å². The zero-order valence-electron chi connectivity index (χ0n) is 13.4. The number of carbonyl (C=O) groups excluding carboxylic acids is 1. The number of aromatic nitrogens is 2. The van der Waals surface area contributed by atoms with Crippen LogP contribution >= 0.6 is 0 Å². The van der Waals surface area contributed by atoms with Crippen molar-refractivity contribution in [1.29, 1.82) is 0 Å². The quantitative estimate of drug-likeness (QED) is 0.645. The van der Waals surface area contributed by atoms with E-state index in [9.17, 15) is 14.4 Å². The topological polar surface area (TPSA) is 93.2 Å². The standard InChI is InChI=1S/C17H21N3O4/c21-15-16(22)20(14-9-4-3-8-13(14)19-15)10-5-11-24-17(23)18-12-6-1-2-7-12/h3-4,8-9,12H,1-2,5-7,10-11H2,(H,18,23)(H,19,21). The van der Waals surface area contributed by atoms with Crippen LogP contribution in [0, 0.1) is 0 Å². The molecule has 1 fully saturated rings. The van der Waals surface area contributed by atoms with Gasteiger partial charge in [0.05, 0.1) is 17.6 Å². The Kier molecular flexibility index (Phi) is 4.98. The van der Waals surface area contributed by atoms with E-state index in [0.29, 0.717) is 24.0 Å². The maximum atomic E-state index is 12.0. The van der Waals surface area contributed by atoms with Gasteiger partial charge in [0.15, 0.2) is 0 Å². The third-order valence-corrected chi connectivity index (χ3v) is 4.32. The van der Waals surface area contributed by atoms with Gasteiger partial charge in [-0.1, -0.05) is 25.0 Å². The number of benzene rings is 1. The van der Waals surface area contributed by atoms with E-state index >= 15 is 0 Å². The van der Waals surface area contributed by atoms with E-state index in [2.05, 4.69) is 10.3 Å². The fraction of sp³-hybridized carbons (Fsp3) is 0.471. The first-order valence-corrected chi connectivity index (χ1v) is 8.30. The predicted molar refractivity (Wildman–Crippen MR) is 90.2 cm³/mol. The molecule has 1 saturated carbocycles. The van der Waals surface area contributed by atoms with Gasteiger partial charge in [-0.15, -0.1) is 0 Å². The number of ether oxygens (including phenoxy) is 1. The molecule has 1 aromatic heterocycles. The smallest absolute Gasteiger partial charge is 0.407 e. The summed E-state index contributed by atoms with van der Waals surface area (Å²) in [5.74, 6) is 0. The zero-order chi connectivity index (χ0) is 16.9. The average molecular weight is 331 g/mol. The molecule has 0 saturated heterocycles. The van der Waals surface area contributed by atoms with E-state index in [-0.39, 0.29) is 12.6 Å². The molecule has 0 unspecified atom stereocenters. The summed E-state index contributed by atoms with van der Waals surface area (Å²) < 4.78 is 6.58. The van der Waals surface area contributed by atoms with Gasteiger partial charge in [-0.3, -0.25) is 9.59 Å². The van der Waals surface area contributed by atoms with E-state index in [1.165, 1.54) is 4.57 Å². The van der Waals surface area contributed by atoms with Crippen LogP contribution in [0.1, 0.15) is 32.1 Å². The molecule has 128 valence electrons. The first kappa shape index (κ1) is 16.3. The fourth-order valence-corrected chi connectivity index (χ4v) is 3.11. The van der Waals surface area contributed by atoms with Crippen LogP contribution in [0.4, 0.5) is 4.79 Å². The van der Waals surface area contributed by atoms with Crippen LogP contribution in [0.5, 0.6) is 0 Å². The number of amides is 1. The molecule has 1 amide bonds. The van der Waals surface area contributed by atoms with Crippen LogP contribution in [-0.4, -0.2) is 28.3 Å². The highest BCUT2D eigenvalue weighted by molar-refractivity contribution is 5.74. The summed E-state index contributed by atoms with van der Waals surface area (Å²) in [6, 6.07) is 7.35. The highest BCUT2D eigenvalue weighted by Gasteiger charge is 2.17. The van der Waals surface area contributed by atoms with Crippen molar-refractivity contribution in [2.45, 2.75) is 44.7 Å². The summed E-state index contributed by atoms with van der Waals surface area (Å²) in [4.78, 5) is 38.0. The Morgan fingerprint density at radius 1 is 1.25 bits per heavy atom. The van der Waals surface area contributed by atoms with Crippen LogP contribution in [0.25, 0.3) is 11.0 Å². The number of nitrogens with one attached hydrogen (secondary N) is 2. The fourth-order valence-electron chi connectivity index (χ4n) is 3.11. The van der Waals surface area contributed by atoms with Crippen LogP contribution in [0.15, 0.2) is 33.9 Å². The number of para-hydroxylation sites is 2. The van der Waals surface area contributed by atoms with Crippen molar-refractivity contribution in [3.63, 3.8) is 0 Å². The van der Waals surface area contributed by atoms with Gasteiger partial charge >= 0.3 is 17.2 Å². The minimum atomic E-state index is -0.645. The number of nitrogens with zero attached hydrogens (tertiary/aromatic N) is 1. The highest BCUT2D eigenvalue weighted by Crippen LogP contribution is 2.17. The number of carbonyl (C=O) groups is 1. The Morgan fingerprint density at radius 2 is 2.00 bits per heavy atom. The van der Waals surface area contributed by atoms with Gasteiger partial charge in [0.1, 0.15) is 0 Å². The van der Waals surface area contributed by atoms with Gasteiger partial charge in [-0.05, 0) is 31.4 Å². The summed E-state index contributed by atoms with van der Waals surface area (Å²) in [7, 11) is 0. The van der Waals surface area contributed by atoms with Crippen molar-refractivity contribution in [3.05, 3.63) is 45.0 Å². The maximum Gasteiger partial charge on any atom is 0.407 e. The molecule has 2 aromatic rings. The molecule has 0 atom stereocenters. The monoisotopic (exact) mass is 331 g/mol. The third kappa shape index (κ3) is 3.67. The molecular formula is C17H21N3O4. The van der Waals surface area contributed by atoms with Gasteiger partial charge in [-0.2, -0.15) is 0 Å². The van der Waals surface area contributed by atoms with Crippen molar-refractivity contribution in [1.82, 2.24) is 14.9 Å². The van der Waals surface area contributed by atoms with E-state index in [0.717, 1.165) is 25.7 Å². The van der Waals surface area contributed by atoms with Crippen LogP contribution in [0.2, 0.25) is 0 Å². The number of H-pyrrole nitrogens is 1. The molecule has 0 spiro atoms. The lowest BCUT2D eigenvalue weighted by Gasteiger charge is -2.13. The van der Waals surface area contributed by atoms with Gasteiger partial charge in [0.25, 0.3) is 0 Å². The lowest BCUT2D eigenvalue weighted by atomic mass is 10.3. The van der Waals surface area contributed by atoms with E-state index in [4.69, 9.17) is 4.74 Å². The maximum absolute atomic E-state index is 12.0. The molecule has 7 heteroatoms. The second-order valence-electron chi connectivity index (χ2n) is 6.04. The van der Waals surface area contributed by atoms with Gasteiger partial charge in [0, 0.05) is 12.6 Å². The largest absolute Gasteiger partial charge is 0.449 e. The first-order chi connectivity index (χ1) is 11.6. The molecular weight excluding hydrogens is 310 g/mol. The molecule has 0 aliphatic heterocycles. The van der Waals surface area contributed by atoms with Gasteiger partial charge in [0.2, 0.25) is 0 Å². The molecule has 7 nitrogen and oxygen atoms in total. The Labute approximate surface area is 138 Å². The van der Waals surface area contributed by atoms with Crippen LogP contribution in [0.3, 0.4) is 0 Å². The summed E-state index contributed by atoms with van der Waals surface area (Å²) in [6.07, 6.45) is 4.34. The summed E-state index contributed by atoms with van der Waals surface area (Å²) >= 11 is 0. The molecule has 24 heavy (non-hydrogen) atoms. The zero-order valence-corrected chi connectivity index (χ0v) is 13.4. The molecule has 1 heterocycles. The van der Waals surface area contributed by atoms with Crippen molar-refractivity contribution in [2.24, 2.45) is 0 Å². The lowest BCUT2D eigenvalue weighted by molar-refractivity contribution is 0.139. The van der Waals surface area contributed by atoms with Crippen molar-refractivity contribution in [2.75, 3.05) is 6.61 Å². The number of alkyl carbamates (subject to hydrolysis) is 1. The molecule has 0 bridgehead atoms. The van der Waals surface area contributed by atoms with Crippen molar-refractivity contribution < 1.29 is 9.53 Å². The second kappa shape index (κ2) is 7.33. The number of aromatic amines is 1. The highest BCUT2D eigenvalue weighted by atomic mass is 16.5.